The fraction of sp³-hybridized carbons (Fsp3) is 0.562. The Bertz CT molecular complexity index is 445. The normalized spacial score (nSPS) is 17.7. The third-order valence-electron chi connectivity index (χ3n) is 3.44. The van der Waals surface area contributed by atoms with Crippen LogP contribution in [-0.4, -0.2) is 44.9 Å². The van der Waals surface area contributed by atoms with E-state index in [9.17, 15) is 4.79 Å². The number of morpholine rings is 1. The second-order valence-corrected chi connectivity index (χ2v) is 5.43. The number of benzene rings is 1. The number of amides is 1. The van der Waals surface area contributed by atoms with Gasteiger partial charge < -0.3 is 20.1 Å². The molecule has 0 aromatic heterocycles. The molecule has 0 saturated carbocycles. The molecule has 1 aliphatic heterocycles. The molecule has 1 amide bonds. The van der Waals surface area contributed by atoms with Crippen LogP contribution in [0.25, 0.3) is 0 Å². The molecule has 124 valence electrons. The van der Waals surface area contributed by atoms with Crippen molar-refractivity contribution in [1.29, 1.82) is 0 Å². The molecule has 2 rings (SSSR count). The summed E-state index contributed by atoms with van der Waals surface area (Å²) >= 11 is 0. The highest BCUT2D eigenvalue weighted by molar-refractivity contribution is 5.85. The van der Waals surface area contributed by atoms with E-state index in [2.05, 4.69) is 36.6 Å². The van der Waals surface area contributed by atoms with Crippen molar-refractivity contribution in [3.8, 4) is 5.75 Å². The van der Waals surface area contributed by atoms with Crippen LogP contribution in [0.5, 0.6) is 5.75 Å². The van der Waals surface area contributed by atoms with Crippen LogP contribution in [0.1, 0.15) is 25.3 Å². The molecule has 0 radical (unpaired) electrons. The van der Waals surface area contributed by atoms with Gasteiger partial charge in [0.2, 0.25) is 0 Å². The van der Waals surface area contributed by atoms with Gasteiger partial charge in [-0.15, -0.1) is 12.4 Å². The van der Waals surface area contributed by atoms with Gasteiger partial charge in [-0.25, -0.2) is 0 Å². The summed E-state index contributed by atoms with van der Waals surface area (Å²) < 4.78 is 11.0. The van der Waals surface area contributed by atoms with Gasteiger partial charge in [-0.3, -0.25) is 4.79 Å². The van der Waals surface area contributed by atoms with Crippen LogP contribution in [0.3, 0.4) is 0 Å². The summed E-state index contributed by atoms with van der Waals surface area (Å²) in [5, 5.41) is 5.95. The van der Waals surface area contributed by atoms with Crippen molar-refractivity contribution < 1.29 is 14.3 Å². The highest BCUT2D eigenvalue weighted by atomic mass is 35.5. The summed E-state index contributed by atoms with van der Waals surface area (Å²) in [6.07, 6.45) is -0.385. The zero-order valence-electron chi connectivity index (χ0n) is 13.1. The zero-order valence-corrected chi connectivity index (χ0v) is 13.9. The number of carbonyl (C=O) groups excluding carboxylic acids is 1. The summed E-state index contributed by atoms with van der Waals surface area (Å²) in [5.41, 5.74) is 1.29. The molecule has 1 aliphatic rings. The van der Waals surface area contributed by atoms with Gasteiger partial charge in [0.15, 0.2) is 0 Å². The van der Waals surface area contributed by atoms with E-state index in [0.29, 0.717) is 32.2 Å². The van der Waals surface area contributed by atoms with Crippen molar-refractivity contribution in [3.05, 3.63) is 29.8 Å². The minimum absolute atomic E-state index is 0. The Hall–Kier alpha value is -1.30. The lowest BCUT2D eigenvalue weighted by Gasteiger charge is -2.22. The van der Waals surface area contributed by atoms with Crippen molar-refractivity contribution in [1.82, 2.24) is 10.6 Å². The van der Waals surface area contributed by atoms with Gasteiger partial charge in [-0.2, -0.15) is 0 Å². The average Bonchev–Trinajstić information content (AvgIpc) is 2.52. The Morgan fingerprint density at radius 1 is 1.41 bits per heavy atom. The van der Waals surface area contributed by atoms with Crippen LogP contribution >= 0.6 is 12.4 Å². The number of hydrogen-bond donors (Lipinski definition) is 2. The molecular formula is C16H25ClN2O3. The van der Waals surface area contributed by atoms with E-state index >= 15 is 0 Å². The van der Waals surface area contributed by atoms with Gasteiger partial charge in [0.25, 0.3) is 5.91 Å². The molecule has 0 bridgehead atoms. The Balaban J connectivity index is 0.00000242. The number of halogens is 1. The maximum Gasteiger partial charge on any atom is 0.250 e. The van der Waals surface area contributed by atoms with Crippen molar-refractivity contribution in [2.24, 2.45) is 0 Å². The first-order chi connectivity index (χ1) is 10.2. The molecule has 1 heterocycles. The predicted octanol–water partition coefficient (Wildman–Crippen LogP) is 1.72. The lowest BCUT2D eigenvalue weighted by atomic mass is 10.0. The number of ether oxygens (including phenoxy) is 2. The number of hydrogen-bond acceptors (Lipinski definition) is 4. The Morgan fingerprint density at radius 3 is 2.73 bits per heavy atom. The molecule has 2 N–H and O–H groups in total. The molecule has 0 aliphatic carbocycles. The van der Waals surface area contributed by atoms with E-state index in [0.717, 1.165) is 12.3 Å². The lowest BCUT2D eigenvalue weighted by Crippen LogP contribution is -2.48. The van der Waals surface area contributed by atoms with Gasteiger partial charge in [0, 0.05) is 13.1 Å². The quantitative estimate of drug-likeness (QED) is 0.781. The van der Waals surface area contributed by atoms with Gasteiger partial charge >= 0.3 is 0 Å². The first-order valence-electron chi connectivity index (χ1n) is 7.49. The molecule has 1 fully saturated rings. The molecule has 1 saturated heterocycles. The van der Waals surface area contributed by atoms with E-state index in [1.54, 1.807) is 0 Å². The fourth-order valence-electron chi connectivity index (χ4n) is 2.14. The number of carbonyl (C=O) groups is 1. The molecule has 5 nitrogen and oxygen atoms in total. The minimum atomic E-state index is -0.385. The van der Waals surface area contributed by atoms with E-state index < -0.39 is 0 Å². The second kappa shape index (κ2) is 9.66. The maximum absolute atomic E-state index is 11.8. The standard InChI is InChI=1S/C16H24N2O3.ClH/c1-12(2)13-3-5-14(6-4-13)20-10-8-18-16(19)15-11-17-7-9-21-15;/h3-6,12,15,17H,7-11H2,1-2H3,(H,18,19);1H. The van der Waals surface area contributed by atoms with Crippen molar-refractivity contribution >= 4 is 18.3 Å². The largest absolute Gasteiger partial charge is 0.492 e. The Kier molecular flexibility index (Phi) is 8.24. The lowest BCUT2D eigenvalue weighted by molar-refractivity contribution is -0.134. The molecule has 1 aromatic rings. The van der Waals surface area contributed by atoms with E-state index in [1.807, 2.05) is 12.1 Å². The fourth-order valence-corrected chi connectivity index (χ4v) is 2.14. The molecule has 1 unspecified atom stereocenters. The average molecular weight is 329 g/mol. The summed E-state index contributed by atoms with van der Waals surface area (Å²) in [7, 11) is 0. The third-order valence-corrected chi connectivity index (χ3v) is 3.44. The molecule has 22 heavy (non-hydrogen) atoms. The van der Waals surface area contributed by atoms with E-state index in [-0.39, 0.29) is 24.4 Å². The first-order valence-corrected chi connectivity index (χ1v) is 7.49. The van der Waals surface area contributed by atoms with Crippen LogP contribution in [0.15, 0.2) is 24.3 Å². The first kappa shape index (κ1) is 18.7. The molecule has 0 spiro atoms. The molecule has 6 heteroatoms. The number of rotatable bonds is 6. The van der Waals surface area contributed by atoms with E-state index in [4.69, 9.17) is 9.47 Å². The van der Waals surface area contributed by atoms with Gasteiger partial charge in [-0.05, 0) is 23.6 Å². The van der Waals surface area contributed by atoms with Crippen LogP contribution in [0.4, 0.5) is 0 Å². The van der Waals surface area contributed by atoms with Crippen LogP contribution in [0.2, 0.25) is 0 Å². The number of nitrogens with one attached hydrogen (secondary N) is 2. The smallest absolute Gasteiger partial charge is 0.250 e. The van der Waals surface area contributed by atoms with Crippen molar-refractivity contribution in [3.63, 3.8) is 0 Å². The van der Waals surface area contributed by atoms with Gasteiger partial charge in [-0.1, -0.05) is 26.0 Å². The second-order valence-electron chi connectivity index (χ2n) is 5.43. The van der Waals surface area contributed by atoms with Gasteiger partial charge in [0.1, 0.15) is 18.5 Å². The van der Waals surface area contributed by atoms with E-state index in [1.165, 1.54) is 5.56 Å². The van der Waals surface area contributed by atoms with Crippen LogP contribution < -0.4 is 15.4 Å². The minimum Gasteiger partial charge on any atom is -0.492 e. The highest BCUT2D eigenvalue weighted by Crippen LogP contribution is 2.18. The summed E-state index contributed by atoms with van der Waals surface area (Å²) in [4.78, 5) is 11.8. The van der Waals surface area contributed by atoms with Crippen molar-refractivity contribution in [2.75, 3.05) is 32.8 Å². The van der Waals surface area contributed by atoms with Gasteiger partial charge in [0.05, 0.1) is 13.2 Å². The zero-order chi connectivity index (χ0) is 15.1. The maximum atomic E-state index is 11.8. The summed E-state index contributed by atoms with van der Waals surface area (Å²) in [6, 6.07) is 8.07. The topological polar surface area (TPSA) is 59.6 Å². The Morgan fingerprint density at radius 2 is 2.14 bits per heavy atom. The summed E-state index contributed by atoms with van der Waals surface area (Å²) in [6.45, 7) is 7.21. The third kappa shape index (κ3) is 5.83. The Labute approximate surface area is 138 Å². The SMILES string of the molecule is CC(C)c1ccc(OCCNC(=O)C2CNCCO2)cc1.Cl. The molecule has 1 atom stereocenters. The highest BCUT2D eigenvalue weighted by Gasteiger charge is 2.20. The monoisotopic (exact) mass is 328 g/mol. The summed E-state index contributed by atoms with van der Waals surface area (Å²) in [5.74, 6) is 1.26. The predicted molar refractivity (Wildman–Crippen MR) is 88.9 cm³/mol. The van der Waals surface area contributed by atoms with Crippen LogP contribution in [-0.2, 0) is 9.53 Å². The van der Waals surface area contributed by atoms with Crippen LogP contribution in [0, 0.1) is 0 Å². The molecule has 1 aromatic carbocycles. The molecular weight excluding hydrogens is 304 g/mol. The van der Waals surface area contributed by atoms with Crippen molar-refractivity contribution in [2.45, 2.75) is 25.9 Å².